The van der Waals surface area contributed by atoms with Gasteiger partial charge in [-0.1, -0.05) is 11.6 Å². The Kier molecular flexibility index (Phi) is 5.99. The summed E-state index contributed by atoms with van der Waals surface area (Å²) in [7, 11) is 0. The zero-order valence-corrected chi connectivity index (χ0v) is 16.6. The number of nitrogens with one attached hydrogen (secondary N) is 1. The summed E-state index contributed by atoms with van der Waals surface area (Å²) in [5, 5.41) is 26.4. The van der Waals surface area contributed by atoms with Gasteiger partial charge in [0.15, 0.2) is 17.2 Å². The van der Waals surface area contributed by atoms with Gasteiger partial charge in [-0.05, 0) is 36.4 Å². The van der Waals surface area contributed by atoms with E-state index in [4.69, 9.17) is 26.2 Å². The molecule has 0 aliphatic heterocycles. The quantitative estimate of drug-likeness (QED) is 0.394. The number of aromatic nitrogens is 3. The summed E-state index contributed by atoms with van der Waals surface area (Å²) in [5.41, 5.74) is 1.43. The molecule has 10 heteroatoms. The number of nitrogens with zero attached hydrogens (tertiary/aromatic N) is 2. The molecule has 1 atom stereocenters. The third-order valence-corrected chi connectivity index (χ3v) is 4.68. The van der Waals surface area contributed by atoms with Crippen molar-refractivity contribution in [3.05, 3.63) is 65.2 Å². The minimum atomic E-state index is -1.00. The van der Waals surface area contributed by atoms with Crippen molar-refractivity contribution in [1.82, 2.24) is 15.2 Å². The summed E-state index contributed by atoms with van der Waals surface area (Å²) >= 11 is 6.33. The van der Waals surface area contributed by atoms with E-state index in [0.717, 1.165) is 12.1 Å². The lowest BCUT2D eigenvalue weighted by Crippen LogP contribution is -2.21. The molecule has 2 aromatic carbocycles. The van der Waals surface area contributed by atoms with E-state index in [2.05, 4.69) is 15.2 Å². The second-order valence-electron chi connectivity index (χ2n) is 6.58. The fraction of sp³-hybridized carbons (Fsp3) is 0.143. The monoisotopic (exact) mass is 447 g/mol. The van der Waals surface area contributed by atoms with Gasteiger partial charge in [-0.15, -0.1) is 0 Å². The van der Waals surface area contributed by atoms with Crippen molar-refractivity contribution >= 4 is 22.6 Å². The van der Waals surface area contributed by atoms with Gasteiger partial charge in [-0.3, -0.25) is 5.10 Å². The minimum Gasteiger partial charge on any atom is -0.491 e. The lowest BCUT2D eigenvalue weighted by Gasteiger charge is -2.11. The Morgan fingerprint density at radius 1 is 1.10 bits per heavy atom. The standard InChI is InChI=1S/C21H16ClF2N3O4/c22-16-4-2-13(30-10-12(29)9-28)8-15(16)20-14-3-6-19(25-21(14)27-26-20)31-18-5-1-11(23)7-17(18)24/h1-8,12,28-29H,9-10H2,(H,25,26,27)/t12-/m0/s1. The molecule has 7 nitrogen and oxygen atoms in total. The van der Waals surface area contributed by atoms with Crippen molar-refractivity contribution in [2.75, 3.05) is 13.2 Å². The maximum atomic E-state index is 13.8. The summed E-state index contributed by atoms with van der Waals surface area (Å²) in [5.74, 6) is -1.19. The van der Waals surface area contributed by atoms with Crippen LogP contribution in [0, 0.1) is 11.6 Å². The van der Waals surface area contributed by atoms with E-state index in [1.807, 2.05) is 0 Å². The molecule has 4 rings (SSSR count). The van der Waals surface area contributed by atoms with E-state index < -0.39 is 24.3 Å². The zero-order valence-electron chi connectivity index (χ0n) is 15.8. The lowest BCUT2D eigenvalue weighted by atomic mass is 10.1. The first kappa shape index (κ1) is 21.0. The first-order valence-corrected chi connectivity index (χ1v) is 9.52. The summed E-state index contributed by atoms with van der Waals surface area (Å²) in [6.07, 6.45) is -1.00. The van der Waals surface area contributed by atoms with Gasteiger partial charge in [0.1, 0.15) is 30.0 Å². The van der Waals surface area contributed by atoms with Crippen LogP contribution in [0.2, 0.25) is 5.02 Å². The third kappa shape index (κ3) is 4.58. The molecular formula is C21H16ClF2N3O4. The Hall–Kier alpha value is -3.27. The van der Waals surface area contributed by atoms with Crippen LogP contribution in [0.25, 0.3) is 22.3 Å². The van der Waals surface area contributed by atoms with Gasteiger partial charge in [-0.2, -0.15) is 10.1 Å². The number of aromatic amines is 1. The van der Waals surface area contributed by atoms with Crippen molar-refractivity contribution in [2.45, 2.75) is 6.10 Å². The molecule has 160 valence electrons. The molecule has 0 spiro atoms. The first-order valence-electron chi connectivity index (χ1n) is 9.14. The fourth-order valence-corrected chi connectivity index (χ4v) is 3.05. The highest BCUT2D eigenvalue weighted by atomic mass is 35.5. The third-order valence-electron chi connectivity index (χ3n) is 4.35. The number of ether oxygens (including phenoxy) is 2. The maximum Gasteiger partial charge on any atom is 0.221 e. The van der Waals surface area contributed by atoms with E-state index in [0.29, 0.717) is 33.1 Å². The first-order chi connectivity index (χ1) is 14.9. The van der Waals surface area contributed by atoms with Crippen LogP contribution >= 0.6 is 11.6 Å². The second-order valence-corrected chi connectivity index (χ2v) is 6.99. The summed E-state index contributed by atoms with van der Waals surface area (Å²) in [6.45, 7) is -0.497. The van der Waals surface area contributed by atoms with Crippen molar-refractivity contribution in [1.29, 1.82) is 0 Å². The molecule has 0 aliphatic rings. The van der Waals surface area contributed by atoms with Crippen LogP contribution < -0.4 is 9.47 Å². The van der Waals surface area contributed by atoms with Gasteiger partial charge < -0.3 is 19.7 Å². The molecule has 0 aliphatic carbocycles. The average Bonchev–Trinajstić information content (AvgIpc) is 3.18. The normalized spacial score (nSPS) is 12.2. The smallest absolute Gasteiger partial charge is 0.221 e. The molecule has 0 saturated heterocycles. The molecule has 0 bridgehead atoms. The molecule has 0 saturated carbocycles. The van der Waals surface area contributed by atoms with Crippen molar-refractivity contribution in [3.8, 4) is 28.6 Å². The highest BCUT2D eigenvalue weighted by Gasteiger charge is 2.16. The van der Waals surface area contributed by atoms with Crippen LogP contribution in [0.3, 0.4) is 0 Å². The largest absolute Gasteiger partial charge is 0.491 e. The molecule has 0 unspecified atom stereocenters. The SMILES string of the molecule is OC[C@H](O)COc1ccc(Cl)c(-c2n[nH]c3nc(Oc4ccc(F)cc4F)ccc23)c1. The fourth-order valence-electron chi connectivity index (χ4n) is 2.84. The van der Waals surface area contributed by atoms with Crippen LogP contribution in [0.15, 0.2) is 48.5 Å². The Morgan fingerprint density at radius 2 is 1.94 bits per heavy atom. The van der Waals surface area contributed by atoms with Gasteiger partial charge in [0.2, 0.25) is 5.88 Å². The van der Waals surface area contributed by atoms with Gasteiger partial charge >= 0.3 is 0 Å². The van der Waals surface area contributed by atoms with Gasteiger partial charge in [0, 0.05) is 23.1 Å². The molecule has 3 N–H and O–H groups in total. The zero-order chi connectivity index (χ0) is 22.0. The Bertz CT molecular complexity index is 1230. The summed E-state index contributed by atoms with van der Waals surface area (Å²) in [6, 6.07) is 11.1. The van der Waals surface area contributed by atoms with Crippen LogP contribution in [0.4, 0.5) is 8.78 Å². The Morgan fingerprint density at radius 3 is 2.71 bits per heavy atom. The average molecular weight is 448 g/mol. The number of rotatable bonds is 7. The second kappa shape index (κ2) is 8.84. The number of hydrogen-bond acceptors (Lipinski definition) is 6. The number of benzene rings is 2. The molecule has 31 heavy (non-hydrogen) atoms. The Labute approximate surface area is 179 Å². The molecule has 0 fully saturated rings. The van der Waals surface area contributed by atoms with Gasteiger partial charge in [0.25, 0.3) is 0 Å². The van der Waals surface area contributed by atoms with E-state index in [9.17, 15) is 13.9 Å². The minimum absolute atomic E-state index is 0.0823. The lowest BCUT2D eigenvalue weighted by molar-refractivity contribution is 0.0536. The predicted molar refractivity (Wildman–Crippen MR) is 109 cm³/mol. The molecule has 4 aromatic rings. The van der Waals surface area contributed by atoms with Gasteiger partial charge in [-0.25, -0.2) is 8.78 Å². The number of halogens is 3. The highest BCUT2D eigenvalue weighted by molar-refractivity contribution is 6.33. The van der Waals surface area contributed by atoms with Crippen molar-refractivity contribution in [2.24, 2.45) is 0 Å². The van der Waals surface area contributed by atoms with Crippen molar-refractivity contribution < 1.29 is 28.5 Å². The van der Waals surface area contributed by atoms with Crippen LogP contribution in [0.5, 0.6) is 17.4 Å². The van der Waals surface area contributed by atoms with Gasteiger partial charge in [0.05, 0.1) is 11.6 Å². The molecular weight excluding hydrogens is 432 g/mol. The predicted octanol–water partition coefficient (Wildman–Crippen LogP) is 4.08. The number of H-pyrrole nitrogens is 1. The van der Waals surface area contributed by atoms with E-state index in [-0.39, 0.29) is 18.2 Å². The maximum absolute atomic E-state index is 13.8. The number of pyridine rings is 1. The molecule has 0 radical (unpaired) electrons. The number of hydrogen-bond donors (Lipinski definition) is 3. The van der Waals surface area contributed by atoms with E-state index in [1.54, 1.807) is 24.3 Å². The summed E-state index contributed by atoms with van der Waals surface area (Å²) < 4.78 is 37.8. The van der Waals surface area contributed by atoms with E-state index >= 15 is 0 Å². The molecule has 2 heterocycles. The Balaban J connectivity index is 1.62. The number of aliphatic hydroxyl groups is 2. The topological polar surface area (TPSA) is 100 Å². The van der Waals surface area contributed by atoms with Crippen LogP contribution in [-0.2, 0) is 0 Å². The highest BCUT2D eigenvalue weighted by Crippen LogP contribution is 2.35. The molecule has 2 aromatic heterocycles. The number of fused-ring (bicyclic) bond motifs is 1. The summed E-state index contributed by atoms with van der Waals surface area (Å²) in [4.78, 5) is 4.27. The van der Waals surface area contributed by atoms with Crippen molar-refractivity contribution in [3.63, 3.8) is 0 Å². The van der Waals surface area contributed by atoms with Crippen LogP contribution in [-0.4, -0.2) is 44.7 Å². The number of aliphatic hydroxyl groups excluding tert-OH is 2. The van der Waals surface area contributed by atoms with Crippen LogP contribution in [0.1, 0.15) is 0 Å². The molecule has 0 amide bonds. The van der Waals surface area contributed by atoms with E-state index in [1.165, 1.54) is 12.1 Å².